The van der Waals surface area contributed by atoms with E-state index in [0.29, 0.717) is 0 Å². The topological polar surface area (TPSA) is 6.48 Å². The van der Waals surface area contributed by atoms with Crippen molar-refractivity contribution in [3.05, 3.63) is 242 Å². The molecule has 290 valence electrons. The van der Waals surface area contributed by atoms with E-state index in [0.717, 1.165) is 28.4 Å². The van der Waals surface area contributed by atoms with Crippen LogP contribution in [0, 0.1) is 0 Å². The van der Waals surface area contributed by atoms with Crippen molar-refractivity contribution >= 4 is 55.7 Å². The molecule has 61 heavy (non-hydrogen) atoms. The molecular weight excluding hydrogens is 737 g/mol. The molecule has 0 saturated carbocycles. The van der Waals surface area contributed by atoms with Crippen molar-refractivity contribution in [3.63, 3.8) is 0 Å². The Morgan fingerprint density at radius 3 is 1.41 bits per heavy atom. The van der Waals surface area contributed by atoms with E-state index < -0.39 is 0 Å². The Hall–Kier alpha value is -7.68. The second-order valence-electron chi connectivity index (χ2n) is 16.6. The zero-order chi connectivity index (χ0) is 40.9. The van der Waals surface area contributed by atoms with E-state index >= 15 is 0 Å². The Morgan fingerprint density at radius 2 is 0.754 bits per heavy atom. The van der Waals surface area contributed by atoms with E-state index in [-0.39, 0.29) is 5.41 Å². The summed E-state index contributed by atoms with van der Waals surface area (Å²) in [5, 5.41) is 4.96. The first-order valence-corrected chi connectivity index (χ1v) is 21.2. The Labute approximate surface area is 358 Å². The monoisotopic (exact) mass is 780 g/mol. The number of para-hydroxylation sites is 1. The van der Waals surface area contributed by atoms with Gasteiger partial charge in [0.25, 0.3) is 0 Å². The summed E-state index contributed by atoms with van der Waals surface area (Å²) < 4.78 is 0. The molecule has 1 aliphatic carbocycles. The number of fused-ring (bicyclic) bond motifs is 5. The van der Waals surface area contributed by atoms with Crippen LogP contribution in [0.1, 0.15) is 25.0 Å². The lowest BCUT2D eigenvalue weighted by molar-refractivity contribution is 0.660. The van der Waals surface area contributed by atoms with Crippen molar-refractivity contribution in [1.29, 1.82) is 0 Å². The van der Waals surface area contributed by atoms with Gasteiger partial charge in [-0.05, 0) is 133 Å². The van der Waals surface area contributed by atoms with Crippen LogP contribution in [0.5, 0.6) is 0 Å². The van der Waals surface area contributed by atoms with Crippen LogP contribution in [0.25, 0.3) is 54.9 Å². The van der Waals surface area contributed by atoms with Gasteiger partial charge in [0.1, 0.15) is 0 Å². The third-order valence-corrected chi connectivity index (χ3v) is 12.6. The van der Waals surface area contributed by atoms with E-state index in [1.807, 2.05) is 0 Å². The van der Waals surface area contributed by atoms with E-state index in [9.17, 15) is 0 Å². The third-order valence-electron chi connectivity index (χ3n) is 12.6. The molecule has 10 aromatic rings. The zero-order valence-electron chi connectivity index (χ0n) is 34.3. The number of hydrogen-bond donors (Lipinski definition) is 0. The summed E-state index contributed by atoms with van der Waals surface area (Å²) in [6.45, 7) is 4.76. The van der Waals surface area contributed by atoms with Crippen molar-refractivity contribution in [2.24, 2.45) is 0 Å². The molecule has 0 atom stereocenters. The lowest BCUT2D eigenvalue weighted by Crippen LogP contribution is -2.17. The molecule has 0 heterocycles. The predicted molar refractivity (Wildman–Crippen MR) is 259 cm³/mol. The first-order chi connectivity index (χ1) is 30.0. The fourth-order valence-corrected chi connectivity index (χ4v) is 9.45. The molecule has 0 fully saturated rings. The molecule has 0 N–H and O–H groups in total. The average molecular weight is 781 g/mol. The molecule has 1 aliphatic rings. The third kappa shape index (κ3) is 6.45. The summed E-state index contributed by atoms with van der Waals surface area (Å²) in [6, 6.07) is 84.1. The van der Waals surface area contributed by atoms with Crippen LogP contribution in [-0.4, -0.2) is 0 Å². The Morgan fingerprint density at radius 1 is 0.295 bits per heavy atom. The smallest absolute Gasteiger partial charge is 0.0540 e. The quantitative estimate of drug-likeness (QED) is 0.152. The second-order valence-corrected chi connectivity index (χ2v) is 16.6. The lowest BCUT2D eigenvalue weighted by Gasteiger charge is -2.29. The number of nitrogens with zero attached hydrogens (tertiary/aromatic N) is 2. The van der Waals surface area contributed by atoms with Crippen molar-refractivity contribution in [1.82, 2.24) is 0 Å². The predicted octanol–water partition coefficient (Wildman–Crippen LogP) is 16.6. The molecule has 0 unspecified atom stereocenters. The van der Waals surface area contributed by atoms with Crippen molar-refractivity contribution < 1.29 is 0 Å². The molecule has 0 aromatic heterocycles. The molecular formula is C59H44N2. The molecule has 2 nitrogen and oxygen atoms in total. The SMILES string of the molecule is CC1(C)c2cc(N(c3ccc(-c4ccccc4)cc3)c3ccc(-c4ccc5ccccc5c4)cc3)ccc2-c2ccc(N(c3ccccc3)c3cccc4ccccc34)cc21. The zero-order valence-corrected chi connectivity index (χ0v) is 34.3. The van der Waals surface area contributed by atoms with Crippen LogP contribution in [0.4, 0.5) is 34.1 Å². The average Bonchev–Trinajstić information content (AvgIpc) is 3.55. The molecule has 0 aliphatic heterocycles. The molecule has 0 bridgehead atoms. The van der Waals surface area contributed by atoms with Gasteiger partial charge in [0.15, 0.2) is 0 Å². The van der Waals surface area contributed by atoms with Gasteiger partial charge in [-0.2, -0.15) is 0 Å². The maximum absolute atomic E-state index is 2.43. The van der Waals surface area contributed by atoms with E-state index in [1.54, 1.807) is 0 Å². The first-order valence-electron chi connectivity index (χ1n) is 21.2. The van der Waals surface area contributed by atoms with Crippen molar-refractivity contribution in [2.75, 3.05) is 9.80 Å². The number of rotatable bonds is 8. The highest BCUT2D eigenvalue weighted by Gasteiger charge is 2.37. The summed E-state index contributed by atoms with van der Waals surface area (Å²) in [7, 11) is 0. The van der Waals surface area contributed by atoms with Gasteiger partial charge in [0, 0.05) is 39.2 Å². The Balaban J connectivity index is 1.00. The minimum Gasteiger partial charge on any atom is -0.310 e. The highest BCUT2D eigenvalue weighted by molar-refractivity contribution is 5.99. The molecule has 0 radical (unpaired) electrons. The Kier molecular flexibility index (Phi) is 8.86. The number of benzene rings is 10. The summed E-state index contributed by atoms with van der Waals surface area (Å²) in [5.74, 6) is 0. The Bertz CT molecular complexity index is 3200. The maximum Gasteiger partial charge on any atom is 0.0540 e. The summed E-state index contributed by atoms with van der Waals surface area (Å²) in [6.07, 6.45) is 0. The fourth-order valence-electron chi connectivity index (χ4n) is 9.45. The fraction of sp³-hybridized carbons (Fsp3) is 0.0508. The van der Waals surface area contributed by atoms with Gasteiger partial charge in [-0.15, -0.1) is 0 Å². The minimum absolute atomic E-state index is 0.249. The van der Waals surface area contributed by atoms with E-state index in [2.05, 4.69) is 254 Å². The summed E-state index contributed by atoms with van der Waals surface area (Å²) in [5.41, 5.74) is 16.6. The van der Waals surface area contributed by atoms with Crippen LogP contribution in [0.15, 0.2) is 231 Å². The normalized spacial score (nSPS) is 12.6. The number of anilines is 6. The number of hydrogen-bond acceptors (Lipinski definition) is 2. The van der Waals surface area contributed by atoms with Crippen molar-refractivity contribution in [3.8, 4) is 33.4 Å². The van der Waals surface area contributed by atoms with Crippen molar-refractivity contribution in [2.45, 2.75) is 19.3 Å². The van der Waals surface area contributed by atoms with Gasteiger partial charge in [-0.25, -0.2) is 0 Å². The van der Waals surface area contributed by atoms with Crippen LogP contribution in [0.3, 0.4) is 0 Å². The lowest BCUT2D eigenvalue weighted by atomic mass is 9.82. The van der Waals surface area contributed by atoms with Gasteiger partial charge >= 0.3 is 0 Å². The van der Waals surface area contributed by atoms with E-state index in [1.165, 1.54) is 71.7 Å². The van der Waals surface area contributed by atoms with Crippen LogP contribution >= 0.6 is 0 Å². The van der Waals surface area contributed by atoms with Gasteiger partial charge in [-0.3, -0.25) is 0 Å². The molecule has 0 saturated heterocycles. The maximum atomic E-state index is 2.43. The van der Waals surface area contributed by atoms with Gasteiger partial charge in [-0.1, -0.05) is 172 Å². The molecule has 0 spiro atoms. The highest BCUT2D eigenvalue weighted by Crippen LogP contribution is 2.53. The minimum atomic E-state index is -0.249. The van der Waals surface area contributed by atoms with Crippen LogP contribution in [-0.2, 0) is 5.41 Å². The second kappa shape index (κ2) is 14.9. The largest absolute Gasteiger partial charge is 0.310 e. The summed E-state index contributed by atoms with van der Waals surface area (Å²) >= 11 is 0. The van der Waals surface area contributed by atoms with Crippen LogP contribution in [0.2, 0.25) is 0 Å². The molecule has 11 rings (SSSR count). The first kappa shape index (κ1) is 36.4. The molecule has 10 aromatic carbocycles. The highest BCUT2D eigenvalue weighted by atomic mass is 15.1. The van der Waals surface area contributed by atoms with Crippen LogP contribution < -0.4 is 9.80 Å². The molecule has 0 amide bonds. The van der Waals surface area contributed by atoms with Gasteiger partial charge in [0.05, 0.1) is 5.69 Å². The molecule has 2 heteroatoms. The van der Waals surface area contributed by atoms with Gasteiger partial charge in [0.2, 0.25) is 0 Å². The standard InChI is InChI=1S/C59H44N2/c1-59(2)56-39-51(34-36-54(56)55-37-35-52(40-57(55)59)61(48-20-7-4-8-21-48)58-23-13-19-45-17-11-12-22-53(45)58)60(49-30-26-43(27-31-49)41-14-5-3-6-15-41)50-32-28-44(29-33-50)47-25-24-42-16-9-10-18-46(42)38-47/h3-40H,1-2H3. The van der Waals surface area contributed by atoms with Gasteiger partial charge < -0.3 is 9.80 Å². The summed E-state index contributed by atoms with van der Waals surface area (Å²) in [4.78, 5) is 4.82. The van der Waals surface area contributed by atoms with E-state index in [4.69, 9.17) is 0 Å².